The second kappa shape index (κ2) is 3.30. The molecule has 0 aliphatic carbocycles. The van der Waals surface area contributed by atoms with Gasteiger partial charge >= 0.3 is 0 Å². The predicted octanol–water partition coefficient (Wildman–Crippen LogP) is 0.649. The van der Waals surface area contributed by atoms with Crippen molar-refractivity contribution < 1.29 is 19.1 Å². The molecule has 4 aliphatic heterocycles. The Morgan fingerprint density at radius 2 is 1.55 bits per heavy atom. The minimum atomic E-state index is -0.350. The van der Waals surface area contributed by atoms with Crippen molar-refractivity contribution in [3.05, 3.63) is 29.8 Å². The summed E-state index contributed by atoms with van der Waals surface area (Å²) in [6.07, 6.45) is -0.367. The van der Waals surface area contributed by atoms with Gasteiger partial charge in [-0.2, -0.15) is 0 Å². The van der Waals surface area contributed by atoms with Gasteiger partial charge in [0.2, 0.25) is 11.8 Å². The van der Waals surface area contributed by atoms with E-state index >= 15 is 0 Å². The maximum Gasteiger partial charge on any atom is 0.240 e. The first-order valence-electron chi connectivity index (χ1n) is 6.92. The highest BCUT2D eigenvalue weighted by Gasteiger charge is 2.75. The molecule has 0 spiro atoms. The number of epoxide rings is 1. The van der Waals surface area contributed by atoms with Gasteiger partial charge in [-0.25, -0.2) is 4.90 Å². The fraction of sp³-hybridized carbons (Fsp3) is 0.467. The number of carbonyl (C=O) groups is 2. The lowest BCUT2D eigenvalue weighted by Crippen LogP contribution is -2.35. The van der Waals surface area contributed by atoms with E-state index in [1.165, 1.54) is 4.90 Å². The summed E-state index contributed by atoms with van der Waals surface area (Å²) in [5.74, 6) is -0.965. The molecule has 5 nitrogen and oxygen atoms in total. The number of rotatable bonds is 1. The molecular formula is C15H13NO4. The lowest BCUT2D eigenvalue weighted by Gasteiger charge is -2.18. The fourth-order valence-electron chi connectivity index (χ4n) is 4.00. The smallest absolute Gasteiger partial charge is 0.240 e. The van der Waals surface area contributed by atoms with Crippen LogP contribution in [0, 0.1) is 18.8 Å². The third-order valence-electron chi connectivity index (χ3n) is 4.89. The van der Waals surface area contributed by atoms with Crippen molar-refractivity contribution in [2.45, 2.75) is 31.3 Å². The van der Waals surface area contributed by atoms with E-state index in [0.29, 0.717) is 5.69 Å². The van der Waals surface area contributed by atoms with Crippen molar-refractivity contribution in [3.63, 3.8) is 0 Å². The maximum absolute atomic E-state index is 12.6. The largest absolute Gasteiger partial charge is 0.368 e. The second-order valence-electron chi connectivity index (χ2n) is 6.03. The Kier molecular flexibility index (Phi) is 1.81. The first-order chi connectivity index (χ1) is 9.66. The number of nitrogens with zero attached hydrogens (tertiary/aromatic N) is 1. The van der Waals surface area contributed by atoms with Crippen LogP contribution in [0.1, 0.15) is 5.56 Å². The van der Waals surface area contributed by atoms with Crippen LogP contribution in [0.25, 0.3) is 0 Å². The summed E-state index contributed by atoms with van der Waals surface area (Å²) in [5.41, 5.74) is 1.70. The maximum atomic E-state index is 12.6. The number of anilines is 1. The van der Waals surface area contributed by atoms with Gasteiger partial charge in [-0.1, -0.05) is 12.1 Å². The Hall–Kier alpha value is -1.72. The molecule has 2 unspecified atom stereocenters. The van der Waals surface area contributed by atoms with Gasteiger partial charge < -0.3 is 9.47 Å². The molecule has 0 radical (unpaired) electrons. The molecule has 5 rings (SSSR count). The summed E-state index contributed by atoms with van der Waals surface area (Å²) in [6, 6.07) is 7.50. The van der Waals surface area contributed by atoms with E-state index in [1.807, 2.05) is 31.2 Å². The molecule has 1 aromatic rings. The van der Waals surface area contributed by atoms with Gasteiger partial charge in [-0.3, -0.25) is 9.59 Å². The van der Waals surface area contributed by atoms with E-state index in [9.17, 15) is 9.59 Å². The normalized spacial score (nSPS) is 44.0. The van der Waals surface area contributed by atoms with Crippen molar-refractivity contribution in [3.8, 4) is 0 Å². The van der Waals surface area contributed by atoms with E-state index < -0.39 is 0 Å². The van der Waals surface area contributed by atoms with E-state index in [2.05, 4.69) is 0 Å². The zero-order chi connectivity index (χ0) is 13.6. The highest BCUT2D eigenvalue weighted by Crippen LogP contribution is 2.57. The van der Waals surface area contributed by atoms with Crippen LogP contribution < -0.4 is 4.90 Å². The minimum absolute atomic E-state index is 0.0375. The topological polar surface area (TPSA) is 59.1 Å². The van der Waals surface area contributed by atoms with E-state index in [0.717, 1.165) is 5.56 Å². The van der Waals surface area contributed by atoms with Crippen LogP contribution in [0.5, 0.6) is 0 Å². The van der Waals surface area contributed by atoms with Gasteiger partial charge in [-0.15, -0.1) is 0 Å². The number of ether oxygens (including phenoxy) is 2. The van der Waals surface area contributed by atoms with Crippen molar-refractivity contribution >= 4 is 17.5 Å². The summed E-state index contributed by atoms with van der Waals surface area (Å²) in [4.78, 5) is 26.6. The predicted molar refractivity (Wildman–Crippen MR) is 68.0 cm³/mol. The van der Waals surface area contributed by atoms with Crippen molar-refractivity contribution in [2.75, 3.05) is 4.90 Å². The monoisotopic (exact) mass is 271 g/mol. The van der Waals surface area contributed by atoms with Gasteiger partial charge in [0.05, 0.1) is 29.7 Å². The Labute approximate surface area is 115 Å². The number of amides is 2. The Balaban J connectivity index is 1.57. The van der Waals surface area contributed by atoms with Gasteiger partial charge in [0.25, 0.3) is 0 Å². The fourth-order valence-corrected chi connectivity index (χ4v) is 4.00. The van der Waals surface area contributed by atoms with Gasteiger partial charge in [0, 0.05) is 0 Å². The summed E-state index contributed by atoms with van der Waals surface area (Å²) < 4.78 is 11.2. The molecule has 2 bridgehead atoms. The van der Waals surface area contributed by atoms with E-state index in [1.54, 1.807) is 0 Å². The summed E-state index contributed by atoms with van der Waals surface area (Å²) >= 11 is 0. The summed E-state index contributed by atoms with van der Waals surface area (Å²) in [7, 11) is 0. The van der Waals surface area contributed by atoms with Crippen LogP contribution in [-0.2, 0) is 19.1 Å². The number of carbonyl (C=O) groups excluding carboxylic acids is 2. The number of hydrogen-bond acceptors (Lipinski definition) is 4. The molecule has 20 heavy (non-hydrogen) atoms. The molecule has 102 valence electrons. The number of benzene rings is 1. The third-order valence-corrected chi connectivity index (χ3v) is 4.89. The van der Waals surface area contributed by atoms with Gasteiger partial charge in [0.1, 0.15) is 12.2 Å². The molecule has 1 aromatic carbocycles. The van der Waals surface area contributed by atoms with Crippen LogP contribution in [0.3, 0.4) is 0 Å². The summed E-state index contributed by atoms with van der Waals surface area (Å²) in [5, 5.41) is 0. The van der Waals surface area contributed by atoms with Crippen LogP contribution in [0.2, 0.25) is 0 Å². The molecule has 0 aromatic heterocycles. The molecule has 4 saturated heterocycles. The Morgan fingerprint density at radius 3 is 2.15 bits per heavy atom. The van der Waals surface area contributed by atoms with E-state index in [4.69, 9.17) is 9.47 Å². The number of fused-ring (bicyclic) bond motifs is 8. The van der Waals surface area contributed by atoms with Crippen molar-refractivity contribution in [1.82, 2.24) is 0 Å². The lowest BCUT2D eigenvalue weighted by molar-refractivity contribution is -0.126. The molecule has 6 atom stereocenters. The van der Waals surface area contributed by atoms with Crippen LogP contribution >= 0.6 is 0 Å². The van der Waals surface area contributed by atoms with Gasteiger partial charge in [0.15, 0.2) is 0 Å². The summed E-state index contributed by atoms with van der Waals surface area (Å²) in [6.45, 7) is 1.95. The Bertz CT molecular complexity index is 625. The van der Waals surface area contributed by atoms with Gasteiger partial charge in [-0.05, 0) is 24.6 Å². The molecule has 0 saturated carbocycles. The highest BCUT2D eigenvalue weighted by molar-refractivity contribution is 6.23. The quantitative estimate of drug-likeness (QED) is 0.556. The first kappa shape index (κ1) is 11.0. The zero-order valence-corrected chi connectivity index (χ0v) is 10.9. The van der Waals surface area contributed by atoms with Crippen LogP contribution in [0.15, 0.2) is 24.3 Å². The molecule has 4 fully saturated rings. The second-order valence-corrected chi connectivity index (χ2v) is 6.03. The molecular weight excluding hydrogens is 258 g/mol. The average Bonchev–Trinajstić information content (AvgIpc) is 2.93. The van der Waals surface area contributed by atoms with Crippen LogP contribution in [0.4, 0.5) is 5.69 Å². The number of imide groups is 1. The standard InChI is InChI=1S/C15H13NO4/c1-6-3-2-4-7(5-6)16-14(17)8-9(15(16)18)11-13-12(20-13)10(8)19-11/h2-5,8-13H,1H3/t8-,9+,10?,11?,12-,13+. The SMILES string of the molecule is Cc1cccc(N2C(=O)[C@@H]3C4OC([C@H]5O[C@@H]45)[C@@H]3C2=O)c1. The molecule has 4 heterocycles. The molecule has 4 aliphatic rings. The third kappa shape index (κ3) is 1.12. The minimum Gasteiger partial charge on any atom is -0.368 e. The molecule has 2 amide bonds. The molecule has 0 N–H and O–H groups in total. The number of hydrogen-bond donors (Lipinski definition) is 0. The first-order valence-corrected chi connectivity index (χ1v) is 6.92. The lowest BCUT2D eigenvalue weighted by atomic mass is 9.81. The average molecular weight is 271 g/mol. The zero-order valence-electron chi connectivity index (χ0n) is 10.9. The van der Waals surface area contributed by atoms with Crippen molar-refractivity contribution in [1.29, 1.82) is 0 Å². The molecule has 5 heteroatoms. The Morgan fingerprint density at radius 1 is 0.950 bits per heavy atom. The van der Waals surface area contributed by atoms with E-state index in [-0.39, 0.29) is 48.1 Å². The number of aryl methyl sites for hydroxylation is 1. The highest BCUT2D eigenvalue weighted by atomic mass is 16.7. The van der Waals surface area contributed by atoms with Crippen LogP contribution in [-0.4, -0.2) is 36.2 Å². The van der Waals surface area contributed by atoms with Crippen molar-refractivity contribution in [2.24, 2.45) is 11.8 Å².